The first-order valence-electron chi connectivity index (χ1n) is 7.32. The summed E-state index contributed by atoms with van der Waals surface area (Å²) >= 11 is 3.47. The van der Waals surface area contributed by atoms with Gasteiger partial charge in [0, 0.05) is 10.5 Å². The van der Waals surface area contributed by atoms with Crippen LogP contribution < -0.4 is 10.1 Å². The van der Waals surface area contributed by atoms with Crippen LogP contribution in [0.15, 0.2) is 33.2 Å². The minimum absolute atomic E-state index is 0.460. The summed E-state index contributed by atoms with van der Waals surface area (Å²) in [6.07, 6.45) is 2.58. The zero-order chi connectivity index (χ0) is 14.8. The Bertz CT molecular complexity index is 632. The number of ether oxygens (including phenoxy) is 1. The van der Waals surface area contributed by atoms with E-state index in [0.717, 1.165) is 33.9 Å². The summed E-state index contributed by atoms with van der Waals surface area (Å²) in [5.74, 6) is 2.78. The van der Waals surface area contributed by atoms with Gasteiger partial charge in [-0.3, -0.25) is 0 Å². The van der Waals surface area contributed by atoms with Crippen molar-refractivity contribution in [1.29, 1.82) is 0 Å². The molecule has 1 aromatic carbocycles. The molecule has 0 radical (unpaired) electrons. The molecule has 0 unspecified atom stereocenters. The van der Waals surface area contributed by atoms with Crippen molar-refractivity contribution >= 4 is 15.9 Å². The van der Waals surface area contributed by atoms with Crippen LogP contribution in [-0.2, 0) is 13.2 Å². The van der Waals surface area contributed by atoms with Gasteiger partial charge >= 0.3 is 0 Å². The molecule has 0 atom stereocenters. The van der Waals surface area contributed by atoms with Crippen LogP contribution in [0.1, 0.15) is 35.5 Å². The molecule has 21 heavy (non-hydrogen) atoms. The smallest absolute Gasteiger partial charge is 0.146 e. The molecule has 0 saturated heterocycles. The van der Waals surface area contributed by atoms with E-state index in [1.807, 2.05) is 25.1 Å². The fourth-order valence-corrected chi connectivity index (χ4v) is 2.58. The highest BCUT2D eigenvalue weighted by Crippen LogP contribution is 2.25. The van der Waals surface area contributed by atoms with Gasteiger partial charge in [0.25, 0.3) is 0 Å². The molecule has 0 aliphatic heterocycles. The Morgan fingerprint density at radius 2 is 2.05 bits per heavy atom. The lowest BCUT2D eigenvalue weighted by molar-refractivity contribution is 0.263. The van der Waals surface area contributed by atoms with Crippen molar-refractivity contribution in [3.8, 4) is 5.75 Å². The van der Waals surface area contributed by atoms with Gasteiger partial charge in [0.1, 0.15) is 23.9 Å². The van der Waals surface area contributed by atoms with E-state index in [4.69, 9.17) is 9.15 Å². The van der Waals surface area contributed by atoms with Crippen molar-refractivity contribution in [3.05, 3.63) is 51.4 Å². The molecule has 0 spiro atoms. The molecule has 1 N–H and O–H groups in total. The predicted octanol–water partition coefficient (Wildman–Crippen LogP) is 4.49. The van der Waals surface area contributed by atoms with Crippen molar-refractivity contribution < 1.29 is 9.15 Å². The molecular formula is C17H20BrNO2. The van der Waals surface area contributed by atoms with Crippen LogP contribution in [0.5, 0.6) is 5.75 Å². The van der Waals surface area contributed by atoms with Crippen molar-refractivity contribution in [1.82, 2.24) is 5.32 Å². The second-order valence-corrected chi connectivity index (χ2v) is 6.59. The van der Waals surface area contributed by atoms with Gasteiger partial charge in [-0.15, -0.1) is 0 Å². The first-order valence-corrected chi connectivity index (χ1v) is 8.11. The summed E-state index contributed by atoms with van der Waals surface area (Å²) in [6, 6.07) is 8.80. The number of halogens is 1. The van der Waals surface area contributed by atoms with Crippen LogP contribution in [0.2, 0.25) is 0 Å². The van der Waals surface area contributed by atoms with E-state index in [1.165, 1.54) is 18.4 Å². The van der Waals surface area contributed by atoms with E-state index in [1.54, 1.807) is 0 Å². The number of benzene rings is 1. The number of hydrogen-bond donors (Lipinski definition) is 1. The third-order valence-corrected chi connectivity index (χ3v) is 4.21. The van der Waals surface area contributed by atoms with E-state index in [-0.39, 0.29) is 0 Å². The molecule has 1 heterocycles. The van der Waals surface area contributed by atoms with Crippen LogP contribution in [0.4, 0.5) is 0 Å². The van der Waals surface area contributed by atoms with Gasteiger partial charge in [-0.25, -0.2) is 0 Å². The molecule has 3 nitrogen and oxygen atoms in total. The Morgan fingerprint density at radius 3 is 2.81 bits per heavy atom. The Balaban J connectivity index is 1.61. The maximum Gasteiger partial charge on any atom is 0.146 e. The van der Waals surface area contributed by atoms with Gasteiger partial charge in [-0.2, -0.15) is 0 Å². The first-order chi connectivity index (χ1) is 10.1. The Morgan fingerprint density at radius 1 is 1.24 bits per heavy atom. The molecule has 1 aromatic heterocycles. The van der Waals surface area contributed by atoms with Crippen LogP contribution in [0.3, 0.4) is 0 Å². The lowest BCUT2D eigenvalue weighted by Crippen LogP contribution is -2.15. The first kappa shape index (κ1) is 14.7. The second-order valence-electron chi connectivity index (χ2n) is 5.67. The molecule has 3 rings (SSSR count). The lowest BCUT2D eigenvalue weighted by Gasteiger charge is -2.08. The Kier molecular flexibility index (Phi) is 4.36. The van der Waals surface area contributed by atoms with Crippen LogP contribution in [-0.4, -0.2) is 6.04 Å². The van der Waals surface area contributed by atoms with Crippen LogP contribution in [0.25, 0.3) is 0 Å². The van der Waals surface area contributed by atoms with E-state index in [9.17, 15) is 0 Å². The van der Waals surface area contributed by atoms with Crippen LogP contribution >= 0.6 is 15.9 Å². The number of hydrogen-bond acceptors (Lipinski definition) is 3. The molecule has 1 saturated carbocycles. The van der Waals surface area contributed by atoms with Crippen molar-refractivity contribution in [2.24, 2.45) is 0 Å². The quantitative estimate of drug-likeness (QED) is 0.834. The van der Waals surface area contributed by atoms with Gasteiger partial charge < -0.3 is 14.5 Å². The molecule has 1 fully saturated rings. The monoisotopic (exact) mass is 349 g/mol. The van der Waals surface area contributed by atoms with Crippen molar-refractivity contribution in [2.75, 3.05) is 0 Å². The topological polar surface area (TPSA) is 34.4 Å². The number of aryl methyl sites for hydroxylation is 2. The van der Waals surface area contributed by atoms with Gasteiger partial charge in [0.15, 0.2) is 0 Å². The molecule has 0 bridgehead atoms. The number of rotatable bonds is 6. The summed E-state index contributed by atoms with van der Waals surface area (Å²) < 4.78 is 12.8. The van der Waals surface area contributed by atoms with Gasteiger partial charge in [0.2, 0.25) is 0 Å². The highest BCUT2D eigenvalue weighted by atomic mass is 79.9. The zero-order valence-electron chi connectivity index (χ0n) is 12.4. The van der Waals surface area contributed by atoms with E-state index < -0.39 is 0 Å². The minimum atomic E-state index is 0.460. The average Bonchev–Trinajstić information content (AvgIpc) is 3.21. The summed E-state index contributed by atoms with van der Waals surface area (Å²) in [5, 5.41) is 3.48. The summed E-state index contributed by atoms with van der Waals surface area (Å²) in [7, 11) is 0. The zero-order valence-corrected chi connectivity index (χ0v) is 14.0. The standard InChI is InChI=1S/C17H20BrNO2/c1-11-3-4-13(18)8-16(11)20-10-15-7-12(2)17(21-15)9-19-14-5-6-14/h3-4,7-8,14,19H,5-6,9-10H2,1-2H3. The Hall–Kier alpha value is -1.26. The fourth-order valence-electron chi connectivity index (χ4n) is 2.24. The third-order valence-electron chi connectivity index (χ3n) is 3.72. The highest BCUT2D eigenvalue weighted by molar-refractivity contribution is 9.10. The Labute approximate surface area is 133 Å². The summed E-state index contributed by atoms with van der Waals surface area (Å²) in [4.78, 5) is 0. The van der Waals surface area contributed by atoms with Crippen molar-refractivity contribution in [2.45, 2.75) is 45.9 Å². The summed E-state index contributed by atoms with van der Waals surface area (Å²) in [5.41, 5.74) is 2.31. The molecular weight excluding hydrogens is 330 g/mol. The van der Waals surface area contributed by atoms with E-state index in [0.29, 0.717) is 12.6 Å². The van der Waals surface area contributed by atoms with Crippen LogP contribution in [0, 0.1) is 13.8 Å². The number of furan rings is 1. The van der Waals surface area contributed by atoms with E-state index in [2.05, 4.69) is 34.2 Å². The molecule has 112 valence electrons. The number of nitrogens with one attached hydrogen (secondary N) is 1. The lowest BCUT2D eigenvalue weighted by atomic mass is 10.2. The van der Waals surface area contributed by atoms with Gasteiger partial charge in [-0.05, 0) is 56.0 Å². The normalized spacial score (nSPS) is 14.4. The molecule has 1 aliphatic carbocycles. The van der Waals surface area contributed by atoms with Crippen molar-refractivity contribution in [3.63, 3.8) is 0 Å². The third kappa shape index (κ3) is 3.89. The SMILES string of the molecule is Cc1ccc(Br)cc1OCc1cc(C)c(CNC2CC2)o1. The maximum absolute atomic E-state index is 5.89. The molecule has 1 aliphatic rings. The fraction of sp³-hybridized carbons (Fsp3) is 0.412. The van der Waals surface area contributed by atoms with Gasteiger partial charge in [0.05, 0.1) is 6.54 Å². The summed E-state index contributed by atoms with van der Waals surface area (Å²) in [6.45, 7) is 5.40. The maximum atomic E-state index is 5.89. The van der Waals surface area contributed by atoms with Gasteiger partial charge in [-0.1, -0.05) is 22.0 Å². The largest absolute Gasteiger partial charge is 0.485 e. The average molecular weight is 350 g/mol. The predicted molar refractivity (Wildman–Crippen MR) is 86.5 cm³/mol. The molecule has 2 aromatic rings. The van der Waals surface area contributed by atoms with E-state index >= 15 is 0 Å². The molecule has 0 amide bonds. The second kappa shape index (κ2) is 6.24. The molecule has 4 heteroatoms. The minimum Gasteiger partial charge on any atom is -0.485 e. The highest BCUT2D eigenvalue weighted by Gasteiger charge is 2.21.